The van der Waals surface area contributed by atoms with Crippen molar-refractivity contribution in [3.8, 4) is 0 Å². The van der Waals surface area contributed by atoms with Crippen molar-refractivity contribution in [2.24, 2.45) is 0 Å². The average molecular weight is 450 g/mol. The topological polar surface area (TPSA) is 65.9 Å². The molecule has 2 saturated heterocycles. The number of carbonyl (C=O) groups is 1. The van der Waals surface area contributed by atoms with Crippen LogP contribution in [0, 0.1) is 0 Å². The van der Waals surface area contributed by atoms with Crippen molar-refractivity contribution in [1.82, 2.24) is 14.8 Å². The number of ether oxygens (including phenoxy) is 1. The van der Waals surface area contributed by atoms with Gasteiger partial charge >= 0.3 is 0 Å². The van der Waals surface area contributed by atoms with Gasteiger partial charge in [-0.2, -0.15) is 0 Å². The van der Waals surface area contributed by atoms with Crippen molar-refractivity contribution >= 4 is 28.6 Å². The number of aliphatic hydroxyl groups is 1. The number of aliphatic hydroxyl groups excluding tert-OH is 1. The molecule has 0 unspecified atom stereocenters. The number of carbonyl (C=O) groups excluding carboxylic acids is 1. The number of likely N-dealkylation sites (tertiary alicyclic amines) is 1. The van der Waals surface area contributed by atoms with Crippen LogP contribution in [-0.4, -0.2) is 70.8 Å². The van der Waals surface area contributed by atoms with Gasteiger partial charge in [-0.05, 0) is 29.9 Å². The zero-order chi connectivity index (χ0) is 21.1. The Hall–Kier alpha value is -1.32. The molecule has 2 aromatic heterocycles. The van der Waals surface area contributed by atoms with Crippen molar-refractivity contribution in [2.75, 3.05) is 39.4 Å². The van der Waals surface area contributed by atoms with Gasteiger partial charge in [0.1, 0.15) is 5.69 Å². The van der Waals surface area contributed by atoms with E-state index in [9.17, 15) is 4.79 Å². The van der Waals surface area contributed by atoms with Gasteiger partial charge in [0.05, 0.1) is 23.8 Å². The lowest BCUT2D eigenvalue weighted by molar-refractivity contribution is -0.128. The van der Waals surface area contributed by atoms with Gasteiger partial charge in [0.2, 0.25) is 0 Å². The first-order valence-corrected chi connectivity index (χ1v) is 12.5. The number of aromatic nitrogens is 1. The number of nitrogens with zero attached hydrogens (tertiary/aromatic N) is 3. The first kappa shape index (κ1) is 21.9. The van der Waals surface area contributed by atoms with Crippen LogP contribution in [0.15, 0.2) is 16.8 Å². The Balaban J connectivity index is 1.33. The van der Waals surface area contributed by atoms with E-state index < -0.39 is 0 Å². The smallest absolute Gasteiger partial charge is 0.273 e. The summed E-state index contributed by atoms with van der Waals surface area (Å²) < 4.78 is 6.24. The van der Waals surface area contributed by atoms with Crippen molar-refractivity contribution in [2.45, 2.75) is 51.2 Å². The first-order chi connectivity index (χ1) is 14.5. The monoisotopic (exact) mass is 449 g/mol. The lowest BCUT2D eigenvalue weighted by atomic mass is 9.89. The van der Waals surface area contributed by atoms with Crippen LogP contribution in [0.5, 0.6) is 0 Å². The summed E-state index contributed by atoms with van der Waals surface area (Å²) in [6, 6.07) is 2.21. The molecule has 0 radical (unpaired) electrons. The van der Waals surface area contributed by atoms with Crippen molar-refractivity contribution in [3.63, 3.8) is 0 Å². The molecule has 2 aliphatic heterocycles. The highest BCUT2D eigenvalue weighted by Crippen LogP contribution is 2.32. The van der Waals surface area contributed by atoms with Crippen LogP contribution in [-0.2, 0) is 17.7 Å². The number of thiophene rings is 1. The maximum atomic E-state index is 13.0. The fourth-order valence-electron chi connectivity index (χ4n) is 4.26. The predicted octanol–water partition coefficient (Wildman–Crippen LogP) is 3.37. The third kappa shape index (κ3) is 4.94. The molecule has 0 atom stereocenters. The summed E-state index contributed by atoms with van der Waals surface area (Å²) in [5.74, 6) is 0.387. The van der Waals surface area contributed by atoms with E-state index in [4.69, 9.17) is 9.84 Å². The summed E-state index contributed by atoms with van der Waals surface area (Å²) in [6.45, 7) is 9.21. The number of hydrogen-bond acceptors (Lipinski definition) is 7. The maximum Gasteiger partial charge on any atom is 0.273 e. The zero-order valence-corrected chi connectivity index (χ0v) is 19.4. The number of rotatable bonds is 6. The normalized spacial score (nSPS) is 19.7. The van der Waals surface area contributed by atoms with Crippen molar-refractivity contribution in [1.29, 1.82) is 0 Å². The summed E-state index contributed by atoms with van der Waals surface area (Å²) in [7, 11) is 0. The van der Waals surface area contributed by atoms with E-state index in [1.807, 2.05) is 10.3 Å². The number of hydrogen-bond donors (Lipinski definition) is 1. The Morgan fingerprint density at radius 2 is 2.07 bits per heavy atom. The molecule has 2 aromatic rings. The number of thiazole rings is 1. The SMILES string of the molecule is CC(C)c1nc(C(=O)N2CCOC3(CCN(Cc4csc(CCO)c4)CC3)C2)cs1. The van der Waals surface area contributed by atoms with Crippen LogP contribution in [0.25, 0.3) is 0 Å². The van der Waals surface area contributed by atoms with Crippen molar-refractivity contribution in [3.05, 3.63) is 38.0 Å². The van der Waals surface area contributed by atoms with Crippen LogP contribution in [0.1, 0.15) is 58.5 Å². The van der Waals surface area contributed by atoms with Gasteiger partial charge in [-0.1, -0.05) is 13.8 Å². The molecule has 2 fully saturated rings. The standard InChI is InChI=1S/C22H31N3O3S2/c1-16(2)20-23-19(14-30-20)21(27)25-8-10-28-22(15-25)4-6-24(7-5-22)12-17-11-18(3-9-26)29-13-17/h11,13-14,16,26H,3-10,12,15H2,1-2H3. The van der Waals surface area contributed by atoms with Gasteiger partial charge in [-0.15, -0.1) is 22.7 Å². The fourth-order valence-corrected chi connectivity index (χ4v) is 5.94. The predicted molar refractivity (Wildman–Crippen MR) is 120 cm³/mol. The van der Waals surface area contributed by atoms with Crippen LogP contribution in [0.4, 0.5) is 0 Å². The minimum absolute atomic E-state index is 0.0398. The number of morpholine rings is 1. The van der Waals surface area contributed by atoms with Gasteiger partial charge < -0.3 is 14.7 Å². The lowest BCUT2D eigenvalue weighted by Gasteiger charge is -2.47. The molecular weight excluding hydrogens is 418 g/mol. The molecule has 4 heterocycles. The second kappa shape index (κ2) is 9.44. The zero-order valence-electron chi connectivity index (χ0n) is 17.8. The van der Waals surface area contributed by atoms with E-state index in [0.717, 1.165) is 43.9 Å². The quantitative estimate of drug-likeness (QED) is 0.733. The van der Waals surface area contributed by atoms with E-state index >= 15 is 0 Å². The largest absolute Gasteiger partial charge is 0.396 e. The Labute approximate surface area is 186 Å². The highest BCUT2D eigenvalue weighted by molar-refractivity contribution is 7.10. The second-order valence-corrected chi connectivity index (χ2v) is 10.5. The van der Waals surface area contributed by atoms with E-state index in [1.165, 1.54) is 10.4 Å². The molecule has 2 aliphatic rings. The maximum absolute atomic E-state index is 13.0. The van der Waals surface area contributed by atoms with Gasteiger partial charge in [-0.25, -0.2) is 4.98 Å². The number of piperidine rings is 1. The van der Waals surface area contributed by atoms with Gasteiger partial charge in [-0.3, -0.25) is 9.69 Å². The van der Waals surface area contributed by atoms with Gasteiger partial charge in [0.25, 0.3) is 5.91 Å². The van der Waals surface area contributed by atoms with Crippen LogP contribution >= 0.6 is 22.7 Å². The first-order valence-electron chi connectivity index (χ1n) is 10.8. The third-order valence-electron chi connectivity index (χ3n) is 6.01. The minimum atomic E-state index is -0.224. The Bertz CT molecular complexity index is 855. The summed E-state index contributed by atoms with van der Waals surface area (Å²) in [4.78, 5) is 23.2. The summed E-state index contributed by atoms with van der Waals surface area (Å²) >= 11 is 3.30. The average Bonchev–Trinajstić information content (AvgIpc) is 3.40. The third-order valence-corrected chi connectivity index (χ3v) is 8.20. The summed E-state index contributed by atoms with van der Waals surface area (Å²) in [5, 5.41) is 14.2. The Morgan fingerprint density at radius 1 is 1.27 bits per heavy atom. The number of amides is 1. The molecule has 0 aliphatic carbocycles. The van der Waals surface area contributed by atoms with Gasteiger partial charge in [0.15, 0.2) is 0 Å². The van der Waals surface area contributed by atoms with Gasteiger partial charge in [0, 0.05) is 55.4 Å². The molecule has 6 nitrogen and oxygen atoms in total. The van der Waals surface area contributed by atoms with E-state index in [2.05, 4.69) is 35.2 Å². The van der Waals surface area contributed by atoms with Crippen LogP contribution in [0.2, 0.25) is 0 Å². The lowest BCUT2D eigenvalue weighted by Crippen LogP contribution is -2.57. The highest BCUT2D eigenvalue weighted by Gasteiger charge is 2.41. The molecule has 0 bridgehead atoms. The second-order valence-electron chi connectivity index (χ2n) is 8.65. The van der Waals surface area contributed by atoms with E-state index in [0.29, 0.717) is 31.3 Å². The molecule has 1 N–H and O–H groups in total. The summed E-state index contributed by atoms with van der Waals surface area (Å²) in [5.41, 5.74) is 1.68. The molecule has 30 heavy (non-hydrogen) atoms. The van der Waals surface area contributed by atoms with Crippen LogP contribution < -0.4 is 0 Å². The van der Waals surface area contributed by atoms with E-state index in [-0.39, 0.29) is 18.1 Å². The van der Waals surface area contributed by atoms with E-state index in [1.54, 1.807) is 22.7 Å². The Morgan fingerprint density at radius 3 is 2.77 bits per heavy atom. The highest BCUT2D eigenvalue weighted by atomic mass is 32.1. The molecule has 0 aromatic carbocycles. The van der Waals surface area contributed by atoms with Crippen molar-refractivity contribution < 1.29 is 14.6 Å². The van der Waals surface area contributed by atoms with Crippen LogP contribution in [0.3, 0.4) is 0 Å². The molecule has 164 valence electrons. The molecule has 1 amide bonds. The molecule has 0 saturated carbocycles. The molecular formula is C22H31N3O3S2. The minimum Gasteiger partial charge on any atom is -0.396 e. The Kier molecular flexibility index (Phi) is 6.89. The molecule has 4 rings (SSSR count). The molecule has 8 heteroatoms. The molecule has 1 spiro atoms. The summed E-state index contributed by atoms with van der Waals surface area (Å²) in [6.07, 6.45) is 2.63. The fraction of sp³-hybridized carbons (Fsp3) is 0.636.